The summed E-state index contributed by atoms with van der Waals surface area (Å²) in [7, 11) is -4.76. The quantitative estimate of drug-likeness (QED) is 0.652. The van der Waals surface area contributed by atoms with Crippen LogP contribution in [0.25, 0.3) is 0 Å². The maximum Gasteiger partial charge on any atom is 0.402 e. The van der Waals surface area contributed by atoms with Crippen molar-refractivity contribution in [1.82, 2.24) is 4.72 Å². The van der Waals surface area contributed by atoms with Gasteiger partial charge in [0.2, 0.25) is 10.0 Å². The van der Waals surface area contributed by atoms with E-state index in [4.69, 9.17) is 5.73 Å². The third kappa shape index (κ3) is 3.29. The van der Waals surface area contributed by atoms with Gasteiger partial charge in [-0.3, -0.25) is 0 Å². The van der Waals surface area contributed by atoms with Crippen molar-refractivity contribution in [3.63, 3.8) is 0 Å². The molecule has 0 aliphatic rings. The zero-order valence-corrected chi connectivity index (χ0v) is 9.37. The van der Waals surface area contributed by atoms with Crippen LogP contribution in [-0.4, -0.2) is 21.1 Å². The fourth-order valence-corrected chi connectivity index (χ4v) is 2.11. The van der Waals surface area contributed by atoms with Gasteiger partial charge in [-0.15, -0.1) is 0 Å². The Morgan fingerprint density at radius 2 is 1.78 bits per heavy atom. The van der Waals surface area contributed by atoms with Gasteiger partial charge in [0, 0.05) is 0 Å². The van der Waals surface area contributed by atoms with Gasteiger partial charge in [-0.2, -0.15) is 13.2 Å². The summed E-state index contributed by atoms with van der Waals surface area (Å²) in [5.41, 5.74) is 3.82. The molecule has 0 spiro atoms. The maximum atomic E-state index is 13.3. The summed E-state index contributed by atoms with van der Waals surface area (Å²) >= 11 is 0. The second kappa shape index (κ2) is 4.69. The van der Waals surface area contributed by atoms with Crippen LogP contribution in [0.4, 0.5) is 27.6 Å². The van der Waals surface area contributed by atoms with E-state index in [1.165, 1.54) is 0 Å². The van der Waals surface area contributed by atoms with Crippen LogP contribution in [-0.2, 0) is 10.0 Å². The van der Waals surface area contributed by atoms with E-state index in [1.807, 2.05) is 0 Å². The zero-order chi connectivity index (χ0) is 14.1. The molecule has 0 radical (unpaired) electrons. The lowest BCUT2D eigenvalue weighted by Crippen LogP contribution is -2.34. The first-order valence-corrected chi connectivity index (χ1v) is 5.83. The van der Waals surface area contributed by atoms with Crippen molar-refractivity contribution < 1.29 is 30.4 Å². The highest BCUT2D eigenvalue weighted by Gasteiger charge is 2.31. The highest BCUT2D eigenvalue weighted by molar-refractivity contribution is 7.89. The average Bonchev–Trinajstić information content (AvgIpc) is 2.22. The van der Waals surface area contributed by atoms with Gasteiger partial charge in [0.05, 0.1) is 0 Å². The van der Waals surface area contributed by atoms with Crippen molar-refractivity contribution in [2.24, 2.45) is 0 Å². The predicted molar refractivity (Wildman–Crippen MR) is 52.0 cm³/mol. The number of rotatable bonds is 3. The summed E-state index contributed by atoms with van der Waals surface area (Å²) in [6.45, 7) is -1.87. The van der Waals surface area contributed by atoms with Crippen molar-refractivity contribution in [3.8, 4) is 0 Å². The van der Waals surface area contributed by atoms with E-state index in [9.17, 15) is 30.4 Å². The number of alkyl halides is 3. The monoisotopic (exact) mass is 290 g/mol. The number of nitrogen functional groups attached to an aromatic ring is 1. The van der Waals surface area contributed by atoms with E-state index >= 15 is 0 Å². The Labute approximate surface area is 98.6 Å². The molecule has 0 heterocycles. The summed E-state index contributed by atoms with van der Waals surface area (Å²) in [6, 6.07) is 1.03. The molecule has 10 heteroatoms. The van der Waals surface area contributed by atoms with Gasteiger partial charge < -0.3 is 5.73 Å². The SMILES string of the molecule is Nc1c(F)ccc(S(=O)(=O)NCC(F)(F)F)c1F. The van der Waals surface area contributed by atoms with Crippen LogP contribution < -0.4 is 10.5 Å². The van der Waals surface area contributed by atoms with Gasteiger partial charge in [-0.05, 0) is 12.1 Å². The lowest BCUT2D eigenvalue weighted by atomic mass is 10.3. The Morgan fingerprint density at radius 1 is 1.22 bits per heavy atom. The molecule has 0 aromatic heterocycles. The number of sulfonamides is 1. The molecule has 102 valence electrons. The number of nitrogens with one attached hydrogen (secondary N) is 1. The molecule has 18 heavy (non-hydrogen) atoms. The lowest BCUT2D eigenvalue weighted by molar-refractivity contribution is -0.121. The maximum absolute atomic E-state index is 13.3. The number of halogens is 5. The molecule has 0 saturated carbocycles. The zero-order valence-electron chi connectivity index (χ0n) is 8.55. The summed E-state index contributed by atoms with van der Waals surface area (Å²) in [6.07, 6.45) is -4.80. The minimum Gasteiger partial charge on any atom is -0.394 e. The van der Waals surface area contributed by atoms with E-state index in [-0.39, 0.29) is 0 Å². The molecular weight excluding hydrogens is 283 g/mol. The van der Waals surface area contributed by atoms with E-state index in [2.05, 4.69) is 0 Å². The summed E-state index contributed by atoms with van der Waals surface area (Å²) in [5, 5.41) is 0. The van der Waals surface area contributed by atoms with Crippen LogP contribution in [0.2, 0.25) is 0 Å². The van der Waals surface area contributed by atoms with Crippen molar-refractivity contribution in [3.05, 3.63) is 23.8 Å². The molecule has 1 aromatic rings. The molecule has 3 N–H and O–H groups in total. The molecule has 0 saturated heterocycles. The highest BCUT2D eigenvalue weighted by atomic mass is 32.2. The van der Waals surface area contributed by atoms with Gasteiger partial charge in [-0.25, -0.2) is 21.9 Å². The summed E-state index contributed by atoms with van der Waals surface area (Å²) in [4.78, 5) is -1.15. The van der Waals surface area contributed by atoms with Crippen LogP contribution in [0.5, 0.6) is 0 Å². The van der Waals surface area contributed by atoms with Gasteiger partial charge in [0.25, 0.3) is 0 Å². The molecule has 0 aliphatic carbocycles. The minimum absolute atomic E-state index is 0.486. The molecule has 0 bridgehead atoms. The van der Waals surface area contributed by atoms with Crippen molar-refractivity contribution in [2.45, 2.75) is 11.1 Å². The Bertz CT molecular complexity index is 555. The highest BCUT2D eigenvalue weighted by Crippen LogP contribution is 2.23. The molecule has 1 aromatic carbocycles. The van der Waals surface area contributed by atoms with Crippen molar-refractivity contribution >= 4 is 15.7 Å². The summed E-state index contributed by atoms with van der Waals surface area (Å²) < 4.78 is 85.4. The van der Waals surface area contributed by atoms with Crippen LogP contribution >= 0.6 is 0 Å². The largest absolute Gasteiger partial charge is 0.402 e. The van der Waals surface area contributed by atoms with Crippen LogP contribution in [0.1, 0.15) is 0 Å². The second-order valence-electron chi connectivity index (χ2n) is 3.21. The molecule has 0 aliphatic heterocycles. The van der Waals surface area contributed by atoms with Crippen LogP contribution in [0.3, 0.4) is 0 Å². The standard InChI is InChI=1S/C8H7F5N2O2S/c9-4-1-2-5(6(10)7(4)14)18(16,17)15-3-8(11,12)13/h1-2,15H,3,14H2. The van der Waals surface area contributed by atoms with Gasteiger partial charge >= 0.3 is 6.18 Å². The second-order valence-corrected chi connectivity index (χ2v) is 4.95. The number of benzene rings is 1. The molecule has 1 rings (SSSR count). The van der Waals surface area contributed by atoms with E-state index < -0.39 is 45.0 Å². The van der Waals surface area contributed by atoms with Crippen molar-refractivity contribution in [1.29, 1.82) is 0 Å². The average molecular weight is 290 g/mol. The fraction of sp³-hybridized carbons (Fsp3) is 0.250. The molecule has 0 amide bonds. The van der Waals surface area contributed by atoms with Gasteiger partial charge in [0.1, 0.15) is 22.9 Å². The Balaban J connectivity index is 3.11. The first-order chi connectivity index (χ1) is 8.04. The van der Waals surface area contributed by atoms with Gasteiger partial charge in [0.15, 0.2) is 5.82 Å². The van der Waals surface area contributed by atoms with E-state index in [0.29, 0.717) is 12.1 Å². The third-order valence-electron chi connectivity index (χ3n) is 1.84. The minimum atomic E-state index is -4.80. The molecule has 0 unspecified atom stereocenters. The van der Waals surface area contributed by atoms with Gasteiger partial charge in [-0.1, -0.05) is 0 Å². The van der Waals surface area contributed by atoms with Crippen molar-refractivity contribution in [2.75, 3.05) is 12.3 Å². The molecule has 0 atom stereocenters. The normalized spacial score (nSPS) is 12.7. The Morgan fingerprint density at radius 3 is 2.28 bits per heavy atom. The fourth-order valence-electron chi connectivity index (χ4n) is 1.01. The number of nitrogens with two attached hydrogens (primary N) is 1. The summed E-state index contributed by atoms with van der Waals surface area (Å²) in [5.74, 6) is -2.84. The molecule has 4 nitrogen and oxygen atoms in total. The number of anilines is 1. The van der Waals surface area contributed by atoms with E-state index in [1.54, 1.807) is 0 Å². The number of hydrogen-bond donors (Lipinski definition) is 2. The van der Waals surface area contributed by atoms with Crippen LogP contribution in [0.15, 0.2) is 17.0 Å². The topological polar surface area (TPSA) is 72.2 Å². The molecular formula is C8H7F5N2O2S. The Hall–Kier alpha value is -1.42. The first-order valence-electron chi connectivity index (χ1n) is 4.34. The predicted octanol–water partition coefficient (Wildman–Crippen LogP) is 1.39. The lowest BCUT2D eigenvalue weighted by Gasteiger charge is -2.10. The van der Waals surface area contributed by atoms with Crippen LogP contribution in [0, 0.1) is 11.6 Å². The third-order valence-corrected chi connectivity index (χ3v) is 3.26. The number of hydrogen-bond acceptors (Lipinski definition) is 3. The Kier molecular flexibility index (Phi) is 3.81. The molecule has 0 fully saturated rings. The first kappa shape index (κ1) is 14.6. The smallest absolute Gasteiger partial charge is 0.394 e. The van der Waals surface area contributed by atoms with E-state index in [0.717, 1.165) is 4.72 Å².